The van der Waals surface area contributed by atoms with Crippen molar-refractivity contribution in [3.63, 3.8) is 0 Å². The summed E-state index contributed by atoms with van der Waals surface area (Å²) in [6.07, 6.45) is 4.70. The molecule has 0 amide bonds. The molecule has 1 aliphatic carbocycles. The summed E-state index contributed by atoms with van der Waals surface area (Å²) >= 11 is 0. The van der Waals surface area contributed by atoms with E-state index in [0.29, 0.717) is 36.4 Å². The number of carbonyl (C=O) groups is 2. The van der Waals surface area contributed by atoms with Crippen molar-refractivity contribution < 1.29 is 19.1 Å². The number of allylic oxidation sites excluding steroid dienone is 2. The smallest absolute Gasteiger partial charge is 0.413 e. The quantitative estimate of drug-likeness (QED) is 0.262. The van der Waals surface area contributed by atoms with E-state index in [2.05, 4.69) is 23.4 Å². The van der Waals surface area contributed by atoms with Crippen LogP contribution in [0.5, 0.6) is 0 Å². The van der Waals surface area contributed by atoms with Crippen LogP contribution in [0.3, 0.4) is 0 Å². The first kappa shape index (κ1) is 20.6. The molecule has 3 atom stereocenters. The SMILES string of the molecule is C/C=C\C.CC(=O)C1[C@@H](C)[C@H]1C.CCOC(=O)C=[N+]=[N-]. The van der Waals surface area contributed by atoms with Crippen LogP contribution in [-0.4, -0.2) is 29.4 Å². The third-order valence-corrected chi connectivity index (χ3v) is 3.07. The highest BCUT2D eigenvalue weighted by Gasteiger charge is 2.45. The van der Waals surface area contributed by atoms with E-state index in [0.717, 1.165) is 0 Å². The Bertz CT molecular complexity index is 359. The van der Waals surface area contributed by atoms with Gasteiger partial charge >= 0.3 is 12.2 Å². The fourth-order valence-electron chi connectivity index (χ4n) is 1.63. The highest BCUT2D eigenvalue weighted by molar-refractivity contribution is 6.20. The lowest BCUT2D eigenvalue weighted by Gasteiger charge is -1.86. The number of hydrogen-bond acceptors (Lipinski definition) is 3. The zero-order valence-electron chi connectivity index (χ0n) is 13.3. The molecule has 5 heteroatoms. The minimum absolute atomic E-state index is 0.296. The van der Waals surface area contributed by atoms with Gasteiger partial charge in [0.2, 0.25) is 0 Å². The van der Waals surface area contributed by atoms with Gasteiger partial charge in [-0.05, 0) is 39.5 Å². The molecule has 0 saturated heterocycles. The van der Waals surface area contributed by atoms with Crippen molar-refractivity contribution >= 4 is 18.0 Å². The lowest BCUT2D eigenvalue weighted by atomic mass is 10.2. The minimum Gasteiger partial charge on any atom is -0.458 e. The molecule has 0 aromatic carbocycles. The van der Waals surface area contributed by atoms with Gasteiger partial charge < -0.3 is 10.3 Å². The van der Waals surface area contributed by atoms with Crippen LogP contribution in [0, 0.1) is 17.8 Å². The second kappa shape index (κ2) is 12.3. The van der Waals surface area contributed by atoms with Crippen LogP contribution in [0.1, 0.15) is 41.5 Å². The maximum absolute atomic E-state index is 10.6. The number of carbonyl (C=O) groups excluding carboxylic acids is 2. The molecule has 114 valence electrons. The van der Waals surface area contributed by atoms with Crippen LogP contribution in [0.4, 0.5) is 0 Å². The Hall–Kier alpha value is -1.74. The third-order valence-electron chi connectivity index (χ3n) is 3.07. The average Bonchev–Trinajstić information content (AvgIpc) is 2.99. The van der Waals surface area contributed by atoms with Crippen LogP contribution >= 0.6 is 0 Å². The van der Waals surface area contributed by atoms with Crippen LogP contribution in [-0.2, 0) is 14.3 Å². The van der Waals surface area contributed by atoms with E-state index in [-0.39, 0.29) is 0 Å². The van der Waals surface area contributed by atoms with Crippen LogP contribution in [0.25, 0.3) is 5.53 Å². The molecule has 1 rings (SSSR count). The molecular formula is C15H26N2O3. The Kier molecular flexibility index (Phi) is 12.7. The van der Waals surface area contributed by atoms with E-state index in [1.165, 1.54) is 0 Å². The van der Waals surface area contributed by atoms with E-state index < -0.39 is 5.97 Å². The van der Waals surface area contributed by atoms with Gasteiger partial charge in [0.15, 0.2) is 0 Å². The Labute approximate surface area is 121 Å². The van der Waals surface area contributed by atoms with Crippen molar-refractivity contribution in [3.8, 4) is 0 Å². The van der Waals surface area contributed by atoms with Gasteiger partial charge in [0.05, 0.1) is 6.61 Å². The van der Waals surface area contributed by atoms with E-state index >= 15 is 0 Å². The number of rotatable bonds is 3. The van der Waals surface area contributed by atoms with Gasteiger partial charge in [-0.15, -0.1) is 0 Å². The molecule has 0 heterocycles. The Balaban J connectivity index is 0. The van der Waals surface area contributed by atoms with Crippen LogP contribution in [0.15, 0.2) is 12.2 Å². The third kappa shape index (κ3) is 10.2. The summed E-state index contributed by atoms with van der Waals surface area (Å²) in [5.74, 6) is 1.45. The zero-order valence-corrected chi connectivity index (χ0v) is 13.3. The van der Waals surface area contributed by atoms with Gasteiger partial charge in [-0.3, -0.25) is 4.79 Å². The molecule has 1 fully saturated rings. The van der Waals surface area contributed by atoms with Crippen molar-refractivity contribution in [1.29, 1.82) is 0 Å². The molecule has 0 aromatic heterocycles. The van der Waals surface area contributed by atoms with Gasteiger partial charge in [0.25, 0.3) is 0 Å². The minimum atomic E-state index is -0.630. The van der Waals surface area contributed by atoms with Crippen molar-refractivity contribution in [1.82, 2.24) is 0 Å². The van der Waals surface area contributed by atoms with Gasteiger partial charge in [0, 0.05) is 5.92 Å². The van der Waals surface area contributed by atoms with E-state index in [9.17, 15) is 9.59 Å². The molecule has 1 aliphatic rings. The number of ether oxygens (including phenoxy) is 1. The van der Waals surface area contributed by atoms with Crippen molar-refractivity contribution in [2.45, 2.75) is 41.5 Å². The summed E-state index contributed by atoms with van der Waals surface area (Å²) in [7, 11) is 0. The molecule has 0 radical (unpaired) electrons. The van der Waals surface area contributed by atoms with Crippen LogP contribution in [0.2, 0.25) is 0 Å². The summed E-state index contributed by atoms with van der Waals surface area (Å²) in [5.41, 5.74) is 7.73. The first-order chi connectivity index (χ1) is 9.37. The van der Waals surface area contributed by atoms with E-state index in [4.69, 9.17) is 5.53 Å². The number of nitrogens with zero attached hydrogens (tertiary/aromatic N) is 2. The number of esters is 1. The molecule has 0 aliphatic heterocycles. The molecule has 5 nitrogen and oxygen atoms in total. The summed E-state index contributed by atoms with van der Waals surface area (Å²) in [6.45, 7) is 11.9. The summed E-state index contributed by atoms with van der Waals surface area (Å²) in [5, 5.41) is 0. The second-order valence-corrected chi connectivity index (χ2v) is 4.52. The van der Waals surface area contributed by atoms with Crippen molar-refractivity contribution in [2.75, 3.05) is 6.61 Å². The van der Waals surface area contributed by atoms with Gasteiger partial charge in [0.1, 0.15) is 5.78 Å². The average molecular weight is 282 g/mol. The fourth-order valence-corrected chi connectivity index (χ4v) is 1.63. The number of ketones is 1. The normalized spacial score (nSPS) is 22.4. The molecule has 1 saturated carbocycles. The van der Waals surface area contributed by atoms with E-state index in [1.54, 1.807) is 13.8 Å². The summed E-state index contributed by atoms with van der Waals surface area (Å²) in [4.78, 5) is 23.2. The standard InChI is InChI=1S/C7H12O.C4H6N2O2.C4H8/c1-4-5(2)7(4)6(3)8;1-2-8-4(7)3-6-5;1-3-4-2/h4-5,7H,1-3H3;3H,2H2,1H3;3-4H,1-2H3/b;;4-3-/t4-,5+,7?;;. The Morgan fingerprint density at radius 2 is 1.65 bits per heavy atom. The van der Waals surface area contributed by atoms with E-state index in [1.807, 2.05) is 26.0 Å². The fraction of sp³-hybridized carbons (Fsp3) is 0.667. The van der Waals surface area contributed by atoms with Gasteiger partial charge in [-0.2, -0.15) is 4.79 Å². The van der Waals surface area contributed by atoms with Crippen molar-refractivity contribution in [3.05, 3.63) is 17.7 Å². The largest absolute Gasteiger partial charge is 0.458 e. The van der Waals surface area contributed by atoms with Crippen LogP contribution < -0.4 is 0 Å². The lowest BCUT2D eigenvalue weighted by Crippen LogP contribution is -2.04. The monoisotopic (exact) mass is 282 g/mol. The predicted molar refractivity (Wildman–Crippen MR) is 79.3 cm³/mol. The topological polar surface area (TPSA) is 79.8 Å². The second-order valence-electron chi connectivity index (χ2n) is 4.52. The molecule has 0 bridgehead atoms. The number of Topliss-reactive ketones (excluding diaryl/α,β-unsaturated/α-hetero) is 1. The molecule has 0 N–H and O–H groups in total. The maximum Gasteiger partial charge on any atom is 0.413 e. The zero-order chi connectivity index (χ0) is 16.1. The van der Waals surface area contributed by atoms with Gasteiger partial charge in [-0.25, -0.2) is 4.79 Å². The number of hydrogen-bond donors (Lipinski definition) is 0. The Morgan fingerprint density at radius 3 is 1.80 bits per heavy atom. The highest BCUT2D eigenvalue weighted by Crippen LogP contribution is 2.45. The first-order valence-corrected chi connectivity index (χ1v) is 6.79. The molecule has 20 heavy (non-hydrogen) atoms. The van der Waals surface area contributed by atoms with Crippen molar-refractivity contribution in [2.24, 2.45) is 17.8 Å². The van der Waals surface area contributed by atoms with Gasteiger partial charge in [-0.1, -0.05) is 26.0 Å². The summed E-state index contributed by atoms with van der Waals surface area (Å²) < 4.78 is 4.33. The summed E-state index contributed by atoms with van der Waals surface area (Å²) in [6, 6.07) is 0. The molecular weight excluding hydrogens is 256 g/mol. The highest BCUT2D eigenvalue weighted by atomic mass is 16.5. The lowest BCUT2D eigenvalue weighted by molar-refractivity contribution is -0.138. The molecule has 0 spiro atoms. The predicted octanol–water partition coefficient (Wildman–Crippen LogP) is 2.91. The first-order valence-electron chi connectivity index (χ1n) is 6.79. The maximum atomic E-state index is 10.6. The molecule has 0 aromatic rings. The molecule has 1 unspecified atom stereocenters. The Morgan fingerprint density at radius 1 is 1.20 bits per heavy atom.